The molecule has 2 heterocycles. The van der Waals surface area contributed by atoms with E-state index in [2.05, 4.69) is 24.1 Å². The Bertz CT molecular complexity index is 932. The zero-order chi connectivity index (χ0) is 18.8. The molecule has 4 nitrogen and oxygen atoms in total. The molecule has 26 heavy (non-hydrogen) atoms. The molecule has 2 N–H and O–H groups in total. The van der Waals surface area contributed by atoms with Crippen LogP contribution >= 0.6 is 23.2 Å². The standard InChI is InChI=1S/C20H20Cl2N2O2/c1-11(2)14-5-3-12(9-17(14)22)15(10-13-4-8-19(25)23-13)18-7-6-16(21)20(26)24-18/h3,5-7,9-11,13H,4,8H2,1-2H3,(H,23,25)(H,24,26)/b15-10+/t13-/m1/s1. The Labute approximate surface area is 162 Å². The van der Waals surface area contributed by atoms with E-state index in [1.165, 1.54) is 0 Å². The molecule has 1 aliphatic heterocycles. The van der Waals surface area contributed by atoms with Gasteiger partial charge in [-0.05, 0) is 41.7 Å². The van der Waals surface area contributed by atoms with Crippen LogP contribution < -0.4 is 10.9 Å². The smallest absolute Gasteiger partial charge is 0.267 e. The van der Waals surface area contributed by atoms with Crippen LogP contribution in [0.3, 0.4) is 0 Å². The van der Waals surface area contributed by atoms with E-state index in [-0.39, 0.29) is 22.5 Å². The van der Waals surface area contributed by atoms with Crippen LogP contribution in [-0.2, 0) is 4.79 Å². The van der Waals surface area contributed by atoms with Gasteiger partial charge in [0.25, 0.3) is 5.56 Å². The van der Waals surface area contributed by atoms with E-state index in [1.807, 2.05) is 24.3 Å². The van der Waals surface area contributed by atoms with Crippen molar-refractivity contribution in [1.29, 1.82) is 0 Å². The third-order valence-corrected chi connectivity index (χ3v) is 5.11. The van der Waals surface area contributed by atoms with Crippen molar-refractivity contribution in [1.82, 2.24) is 10.3 Å². The van der Waals surface area contributed by atoms with Crippen LogP contribution in [0.1, 0.15) is 49.4 Å². The van der Waals surface area contributed by atoms with Crippen LogP contribution in [0.2, 0.25) is 10.0 Å². The molecule has 1 atom stereocenters. The number of hydrogen-bond donors (Lipinski definition) is 2. The van der Waals surface area contributed by atoms with Crippen LogP contribution in [0.15, 0.2) is 41.2 Å². The molecule has 1 amide bonds. The first kappa shape index (κ1) is 18.7. The molecular formula is C20H20Cl2N2O2. The second kappa shape index (κ2) is 7.68. The lowest BCUT2D eigenvalue weighted by Crippen LogP contribution is -2.23. The molecule has 0 bridgehead atoms. The lowest BCUT2D eigenvalue weighted by molar-refractivity contribution is -0.119. The second-order valence-corrected chi connectivity index (χ2v) is 7.55. The van der Waals surface area contributed by atoms with Gasteiger partial charge < -0.3 is 10.3 Å². The molecular weight excluding hydrogens is 371 g/mol. The van der Waals surface area contributed by atoms with Gasteiger partial charge in [-0.3, -0.25) is 9.59 Å². The topological polar surface area (TPSA) is 62.0 Å². The van der Waals surface area contributed by atoms with Crippen LogP contribution in [0.5, 0.6) is 0 Å². The van der Waals surface area contributed by atoms with Gasteiger partial charge in [-0.2, -0.15) is 0 Å². The number of pyridine rings is 1. The third-order valence-electron chi connectivity index (χ3n) is 4.48. The largest absolute Gasteiger partial charge is 0.350 e. The van der Waals surface area contributed by atoms with Crippen molar-refractivity contribution in [3.63, 3.8) is 0 Å². The average Bonchev–Trinajstić information content (AvgIpc) is 3.00. The van der Waals surface area contributed by atoms with Gasteiger partial charge in [0.1, 0.15) is 5.02 Å². The summed E-state index contributed by atoms with van der Waals surface area (Å²) in [6.07, 6.45) is 3.18. The first-order valence-electron chi connectivity index (χ1n) is 8.55. The number of halogens is 2. The maximum absolute atomic E-state index is 12.0. The number of hydrogen-bond acceptors (Lipinski definition) is 2. The molecule has 1 aromatic heterocycles. The molecule has 6 heteroatoms. The molecule has 1 aliphatic rings. The molecule has 136 valence electrons. The number of benzene rings is 1. The summed E-state index contributed by atoms with van der Waals surface area (Å²) >= 11 is 12.3. The van der Waals surface area contributed by atoms with Gasteiger partial charge in [-0.25, -0.2) is 0 Å². The first-order chi connectivity index (χ1) is 12.3. The summed E-state index contributed by atoms with van der Waals surface area (Å²) in [4.78, 5) is 26.3. The highest BCUT2D eigenvalue weighted by Gasteiger charge is 2.21. The Morgan fingerprint density at radius 3 is 2.50 bits per heavy atom. The molecule has 2 aromatic rings. The van der Waals surface area contributed by atoms with E-state index in [0.29, 0.717) is 23.1 Å². The van der Waals surface area contributed by atoms with E-state index in [1.54, 1.807) is 12.1 Å². The Morgan fingerprint density at radius 2 is 1.92 bits per heavy atom. The molecule has 1 fully saturated rings. The molecule has 0 unspecified atom stereocenters. The number of H-pyrrole nitrogens is 1. The van der Waals surface area contributed by atoms with Gasteiger partial charge in [0.2, 0.25) is 5.91 Å². The SMILES string of the molecule is CC(C)c1ccc(/C(=C\[C@H]2CCC(=O)N2)c2ccc(Cl)c(=O)[nH]2)cc1Cl. The van der Waals surface area contributed by atoms with E-state index >= 15 is 0 Å². The van der Waals surface area contributed by atoms with Gasteiger partial charge in [0.15, 0.2) is 0 Å². The van der Waals surface area contributed by atoms with Gasteiger partial charge in [-0.1, -0.05) is 55.3 Å². The van der Waals surface area contributed by atoms with Crippen molar-refractivity contribution >= 4 is 34.7 Å². The average molecular weight is 391 g/mol. The van der Waals surface area contributed by atoms with Crippen molar-refractivity contribution < 1.29 is 4.79 Å². The summed E-state index contributed by atoms with van der Waals surface area (Å²) in [5.74, 6) is 0.344. The minimum Gasteiger partial charge on any atom is -0.350 e. The van der Waals surface area contributed by atoms with Gasteiger partial charge >= 0.3 is 0 Å². The highest BCUT2D eigenvalue weighted by Crippen LogP contribution is 2.31. The number of carbonyl (C=O) groups is 1. The second-order valence-electron chi connectivity index (χ2n) is 6.73. The van der Waals surface area contributed by atoms with Crippen LogP contribution in [0.25, 0.3) is 5.57 Å². The quantitative estimate of drug-likeness (QED) is 0.805. The van der Waals surface area contributed by atoms with Gasteiger partial charge in [-0.15, -0.1) is 0 Å². The Balaban J connectivity index is 2.10. The fraction of sp³-hybridized carbons (Fsp3) is 0.300. The zero-order valence-electron chi connectivity index (χ0n) is 14.6. The predicted molar refractivity (Wildman–Crippen MR) is 106 cm³/mol. The van der Waals surface area contributed by atoms with Crippen molar-refractivity contribution in [3.05, 3.63) is 73.6 Å². The number of nitrogens with one attached hydrogen (secondary N) is 2. The van der Waals surface area contributed by atoms with Crippen molar-refractivity contribution in [2.24, 2.45) is 0 Å². The maximum Gasteiger partial charge on any atom is 0.267 e. The predicted octanol–water partition coefficient (Wildman–Crippen LogP) is 4.52. The van der Waals surface area contributed by atoms with E-state index < -0.39 is 0 Å². The Hall–Kier alpha value is -2.04. The summed E-state index contributed by atoms with van der Waals surface area (Å²) in [5.41, 5.74) is 3.03. The van der Waals surface area contributed by atoms with E-state index in [0.717, 1.165) is 23.1 Å². The monoisotopic (exact) mass is 390 g/mol. The summed E-state index contributed by atoms with van der Waals surface area (Å²) in [5, 5.41) is 3.74. The summed E-state index contributed by atoms with van der Waals surface area (Å²) in [6.45, 7) is 4.17. The lowest BCUT2D eigenvalue weighted by atomic mass is 9.95. The molecule has 0 aliphatic carbocycles. The van der Waals surface area contributed by atoms with E-state index in [9.17, 15) is 9.59 Å². The highest BCUT2D eigenvalue weighted by atomic mass is 35.5. The fourth-order valence-electron chi connectivity index (χ4n) is 3.08. The molecule has 1 saturated heterocycles. The fourth-order valence-corrected chi connectivity index (χ4v) is 3.59. The van der Waals surface area contributed by atoms with E-state index in [4.69, 9.17) is 23.2 Å². The molecule has 0 saturated carbocycles. The lowest BCUT2D eigenvalue weighted by Gasteiger charge is -2.15. The Morgan fingerprint density at radius 1 is 1.15 bits per heavy atom. The number of aromatic amines is 1. The zero-order valence-corrected chi connectivity index (χ0v) is 16.1. The summed E-state index contributed by atoms with van der Waals surface area (Å²) in [7, 11) is 0. The minimum atomic E-state index is -0.351. The normalized spacial score (nSPS) is 17.7. The number of rotatable bonds is 4. The highest BCUT2D eigenvalue weighted by molar-refractivity contribution is 6.31. The minimum absolute atomic E-state index is 0.0309. The third kappa shape index (κ3) is 4.02. The van der Waals surface area contributed by atoms with Crippen LogP contribution in [0.4, 0.5) is 0 Å². The van der Waals surface area contributed by atoms with Gasteiger partial charge in [0, 0.05) is 28.8 Å². The maximum atomic E-state index is 12.0. The number of aromatic nitrogens is 1. The van der Waals surface area contributed by atoms with Crippen molar-refractivity contribution in [3.8, 4) is 0 Å². The van der Waals surface area contributed by atoms with Crippen LogP contribution in [0, 0.1) is 0 Å². The van der Waals surface area contributed by atoms with Gasteiger partial charge in [0.05, 0.1) is 0 Å². The van der Waals surface area contributed by atoms with Crippen LogP contribution in [-0.4, -0.2) is 16.9 Å². The van der Waals surface area contributed by atoms with Crippen molar-refractivity contribution in [2.45, 2.75) is 38.6 Å². The molecule has 0 spiro atoms. The van der Waals surface area contributed by atoms with Crippen molar-refractivity contribution in [2.75, 3.05) is 0 Å². The molecule has 0 radical (unpaired) electrons. The Kier molecular flexibility index (Phi) is 5.54. The molecule has 3 rings (SSSR count). The number of carbonyl (C=O) groups excluding carboxylic acids is 1. The summed E-state index contributed by atoms with van der Waals surface area (Å²) in [6, 6.07) is 9.12. The first-order valence-corrected chi connectivity index (χ1v) is 9.31. The number of amides is 1. The summed E-state index contributed by atoms with van der Waals surface area (Å²) < 4.78 is 0. The molecule has 1 aromatic carbocycles.